The van der Waals surface area contributed by atoms with Gasteiger partial charge < -0.3 is 10.5 Å². The minimum absolute atomic E-state index is 0.0253. The first kappa shape index (κ1) is 14.8. The average Bonchev–Trinajstić information content (AvgIpc) is 3.17. The molecule has 3 nitrogen and oxygen atoms in total. The summed E-state index contributed by atoms with van der Waals surface area (Å²) in [5.41, 5.74) is 7.54. The van der Waals surface area contributed by atoms with Gasteiger partial charge in [-0.3, -0.25) is 4.90 Å². The summed E-state index contributed by atoms with van der Waals surface area (Å²) < 4.78 is 19.0. The third-order valence-corrected chi connectivity index (χ3v) is 5.32. The van der Waals surface area contributed by atoms with Crippen molar-refractivity contribution in [1.29, 1.82) is 0 Å². The van der Waals surface area contributed by atoms with E-state index < -0.39 is 0 Å². The zero-order valence-corrected chi connectivity index (χ0v) is 12.8. The van der Waals surface area contributed by atoms with Crippen molar-refractivity contribution in [3.05, 3.63) is 29.6 Å². The highest BCUT2D eigenvalue weighted by Crippen LogP contribution is 2.45. The second kappa shape index (κ2) is 5.93. The minimum Gasteiger partial charge on any atom is -0.494 e. The number of nitrogens with zero attached hydrogens (tertiary/aromatic N) is 1. The molecule has 1 aliphatic carbocycles. The summed E-state index contributed by atoms with van der Waals surface area (Å²) >= 11 is 0. The molecule has 0 radical (unpaired) electrons. The summed E-state index contributed by atoms with van der Waals surface area (Å²) in [4.78, 5) is 2.56. The highest BCUT2D eigenvalue weighted by Gasteiger charge is 2.45. The molecule has 2 aliphatic rings. The number of halogens is 1. The quantitative estimate of drug-likeness (QED) is 0.926. The molecule has 1 unspecified atom stereocenters. The summed E-state index contributed by atoms with van der Waals surface area (Å²) in [5.74, 6) is -0.0346. The van der Waals surface area contributed by atoms with Crippen molar-refractivity contribution in [2.45, 2.75) is 50.1 Å². The monoisotopic (exact) mass is 292 g/mol. The second-order valence-corrected chi connectivity index (χ2v) is 6.38. The van der Waals surface area contributed by atoms with Crippen molar-refractivity contribution in [3.8, 4) is 5.75 Å². The van der Waals surface area contributed by atoms with Crippen LogP contribution in [-0.2, 0) is 0 Å². The first-order valence-electron chi connectivity index (χ1n) is 8.01. The highest BCUT2D eigenvalue weighted by atomic mass is 19.1. The van der Waals surface area contributed by atoms with Gasteiger partial charge in [0, 0.05) is 11.6 Å². The molecule has 1 saturated carbocycles. The van der Waals surface area contributed by atoms with Crippen LogP contribution in [0.2, 0.25) is 0 Å². The average molecular weight is 292 g/mol. The van der Waals surface area contributed by atoms with Gasteiger partial charge in [-0.2, -0.15) is 0 Å². The molecule has 1 aromatic carbocycles. The largest absolute Gasteiger partial charge is 0.494 e. The molecule has 2 fully saturated rings. The maximum absolute atomic E-state index is 14.0. The summed E-state index contributed by atoms with van der Waals surface area (Å²) in [6.07, 6.45) is 7.21. The Morgan fingerprint density at radius 1 is 1.19 bits per heavy atom. The lowest BCUT2D eigenvalue weighted by atomic mass is 9.82. The second-order valence-electron chi connectivity index (χ2n) is 6.38. The molecule has 1 saturated heterocycles. The van der Waals surface area contributed by atoms with Crippen LogP contribution in [0.25, 0.3) is 0 Å². The molecule has 2 N–H and O–H groups in total. The Morgan fingerprint density at radius 3 is 2.43 bits per heavy atom. The van der Waals surface area contributed by atoms with Crippen LogP contribution in [-0.4, -0.2) is 30.6 Å². The summed E-state index contributed by atoms with van der Waals surface area (Å²) in [5, 5.41) is 0. The zero-order chi connectivity index (χ0) is 14.9. The van der Waals surface area contributed by atoms with Crippen LogP contribution in [0, 0.1) is 5.82 Å². The smallest absolute Gasteiger partial charge is 0.165 e. The number of methoxy groups -OCH3 is 1. The number of hydrogen-bond donors (Lipinski definition) is 1. The van der Waals surface area contributed by atoms with Crippen molar-refractivity contribution in [1.82, 2.24) is 4.90 Å². The predicted molar refractivity (Wildman–Crippen MR) is 81.9 cm³/mol. The first-order valence-corrected chi connectivity index (χ1v) is 8.01. The lowest BCUT2D eigenvalue weighted by Gasteiger charge is -2.43. The van der Waals surface area contributed by atoms with Crippen LogP contribution in [0.5, 0.6) is 5.75 Å². The van der Waals surface area contributed by atoms with E-state index in [0.29, 0.717) is 0 Å². The van der Waals surface area contributed by atoms with E-state index in [2.05, 4.69) is 4.90 Å². The molecular formula is C17H25FN2O. The fourth-order valence-corrected chi connectivity index (χ4v) is 4.16. The number of rotatable bonds is 4. The van der Waals surface area contributed by atoms with E-state index in [1.807, 2.05) is 6.07 Å². The van der Waals surface area contributed by atoms with E-state index >= 15 is 0 Å². The third kappa shape index (κ3) is 2.55. The van der Waals surface area contributed by atoms with E-state index in [1.165, 1.54) is 32.8 Å². The minimum atomic E-state index is -0.319. The first-order chi connectivity index (χ1) is 10.2. The van der Waals surface area contributed by atoms with E-state index in [4.69, 9.17) is 10.5 Å². The summed E-state index contributed by atoms with van der Waals surface area (Å²) in [6, 6.07) is 5.04. The van der Waals surface area contributed by atoms with Gasteiger partial charge in [-0.25, -0.2) is 4.39 Å². The van der Waals surface area contributed by atoms with Crippen molar-refractivity contribution in [3.63, 3.8) is 0 Å². The maximum atomic E-state index is 14.0. The summed E-state index contributed by atoms with van der Waals surface area (Å²) in [6.45, 7) is 2.26. The lowest BCUT2D eigenvalue weighted by molar-refractivity contribution is 0.0920. The van der Waals surface area contributed by atoms with Crippen molar-refractivity contribution in [2.24, 2.45) is 5.73 Å². The highest BCUT2D eigenvalue weighted by molar-refractivity contribution is 5.33. The predicted octanol–water partition coefficient (Wildman–Crippen LogP) is 3.24. The fraction of sp³-hybridized carbons (Fsp3) is 0.647. The molecular weight excluding hydrogens is 267 g/mol. The van der Waals surface area contributed by atoms with Crippen LogP contribution < -0.4 is 10.5 Å². The van der Waals surface area contributed by atoms with Crippen LogP contribution in [0.15, 0.2) is 18.2 Å². The Bertz CT molecular complexity index is 494. The number of likely N-dealkylation sites (tertiary alicyclic amines) is 1. The molecule has 0 bridgehead atoms. The molecule has 0 amide bonds. The summed E-state index contributed by atoms with van der Waals surface area (Å²) in [7, 11) is 1.49. The van der Waals surface area contributed by atoms with Gasteiger partial charge in [0.1, 0.15) is 0 Å². The Kier molecular flexibility index (Phi) is 4.18. The van der Waals surface area contributed by atoms with Crippen molar-refractivity contribution in [2.75, 3.05) is 20.2 Å². The molecule has 0 aromatic heterocycles. The standard InChI is InChI=1S/C17H25FN2O/c1-21-15-7-6-13(12-14(15)18)16(19)17(8-2-3-9-17)20-10-4-5-11-20/h6-7,12,16H,2-5,8-11,19H2,1H3. The van der Waals surface area contributed by atoms with Gasteiger partial charge >= 0.3 is 0 Å². The van der Waals surface area contributed by atoms with Crippen LogP contribution in [0.1, 0.15) is 50.1 Å². The Balaban J connectivity index is 1.90. The van der Waals surface area contributed by atoms with Gasteiger partial charge in [0.25, 0.3) is 0 Å². The van der Waals surface area contributed by atoms with Gasteiger partial charge in [-0.1, -0.05) is 18.9 Å². The van der Waals surface area contributed by atoms with Crippen LogP contribution >= 0.6 is 0 Å². The molecule has 1 aliphatic heterocycles. The van der Waals surface area contributed by atoms with E-state index in [9.17, 15) is 4.39 Å². The van der Waals surface area contributed by atoms with Gasteiger partial charge in [0.05, 0.1) is 7.11 Å². The molecule has 3 rings (SSSR count). The van der Waals surface area contributed by atoms with Crippen molar-refractivity contribution >= 4 is 0 Å². The molecule has 1 aromatic rings. The third-order valence-electron chi connectivity index (χ3n) is 5.32. The van der Waals surface area contributed by atoms with E-state index in [1.54, 1.807) is 12.1 Å². The maximum Gasteiger partial charge on any atom is 0.165 e. The van der Waals surface area contributed by atoms with Gasteiger partial charge in [-0.15, -0.1) is 0 Å². The number of nitrogens with two attached hydrogens (primary N) is 1. The SMILES string of the molecule is COc1ccc(C(N)C2(N3CCCC3)CCCC2)cc1F. The Hall–Kier alpha value is -1.13. The fourth-order valence-electron chi connectivity index (χ4n) is 4.16. The van der Waals surface area contributed by atoms with E-state index in [-0.39, 0.29) is 23.1 Å². The van der Waals surface area contributed by atoms with Gasteiger partial charge in [-0.05, 0) is 56.5 Å². The molecule has 1 atom stereocenters. The molecule has 21 heavy (non-hydrogen) atoms. The van der Waals surface area contributed by atoms with Crippen LogP contribution in [0.3, 0.4) is 0 Å². The number of hydrogen-bond acceptors (Lipinski definition) is 3. The van der Waals surface area contributed by atoms with Gasteiger partial charge in [0.15, 0.2) is 11.6 Å². The normalized spacial score (nSPS) is 23.4. The molecule has 116 valence electrons. The molecule has 1 heterocycles. The Labute approximate surface area is 126 Å². The van der Waals surface area contributed by atoms with Gasteiger partial charge in [0.2, 0.25) is 0 Å². The number of ether oxygens (including phenoxy) is 1. The van der Waals surface area contributed by atoms with Crippen LogP contribution in [0.4, 0.5) is 4.39 Å². The zero-order valence-electron chi connectivity index (χ0n) is 12.8. The topological polar surface area (TPSA) is 38.5 Å². The number of benzene rings is 1. The molecule has 4 heteroatoms. The van der Waals surface area contributed by atoms with Crippen molar-refractivity contribution < 1.29 is 9.13 Å². The molecule has 0 spiro atoms. The lowest BCUT2D eigenvalue weighted by Crippen LogP contribution is -2.52. The Morgan fingerprint density at radius 2 is 1.86 bits per heavy atom. The van der Waals surface area contributed by atoms with E-state index in [0.717, 1.165) is 31.5 Å².